The highest BCUT2D eigenvalue weighted by molar-refractivity contribution is 6.33. The number of phenolic OH excluding ortho intramolecular Hbond substituents is 1. The number of esters is 1. The second-order valence-electron chi connectivity index (χ2n) is 6.69. The number of aliphatic hydroxyl groups is 1. The van der Waals surface area contributed by atoms with Gasteiger partial charge in [-0.15, -0.1) is 0 Å². The van der Waals surface area contributed by atoms with Gasteiger partial charge in [0.15, 0.2) is 0 Å². The number of hydrogen-bond donors (Lipinski definition) is 2. The van der Waals surface area contributed by atoms with Crippen molar-refractivity contribution in [2.45, 2.75) is 64.1 Å². The average Bonchev–Trinajstić information content (AvgIpc) is 2.57. The maximum absolute atomic E-state index is 12.7. The molecule has 2 rings (SSSR count). The van der Waals surface area contributed by atoms with Gasteiger partial charge in [-0.3, -0.25) is 4.79 Å². The zero-order valence-corrected chi connectivity index (χ0v) is 15.8. The highest BCUT2D eigenvalue weighted by atomic mass is 35.5. The monoisotopic (exact) mass is 384 g/mol. The zero-order valence-electron chi connectivity index (χ0n) is 15.1. The van der Waals surface area contributed by atoms with Gasteiger partial charge in [0.05, 0.1) is 24.3 Å². The van der Waals surface area contributed by atoms with E-state index in [1.165, 1.54) is 13.2 Å². The SMILES string of the molecule is COc1cc(O)c(Cl)c2c1C(=O)O[C@@H](C)CCCCC[C@@H](O)CC(=O)C2. The topological polar surface area (TPSA) is 93.1 Å². The molecule has 1 heterocycles. The molecule has 0 spiro atoms. The van der Waals surface area contributed by atoms with Crippen molar-refractivity contribution in [3.05, 3.63) is 22.2 Å². The Labute approximate surface area is 158 Å². The highest BCUT2D eigenvalue weighted by Crippen LogP contribution is 2.38. The molecule has 1 aliphatic heterocycles. The predicted octanol–water partition coefficient (Wildman–Crippen LogP) is 3.43. The van der Waals surface area contributed by atoms with E-state index in [1.807, 2.05) is 0 Å². The minimum atomic E-state index is -0.726. The number of Topliss-reactive ketones (excluding diaryl/α,β-unsaturated/α-hetero) is 1. The molecule has 0 fully saturated rings. The minimum Gasteiger partial charge on any atom is -0.506 e. The first kappa shape index (κ1) is 20.5. The van der Waals surface area contributed by atoms with E-state index in [4.69, 9.17) is 21.1 Å². The fourth-order valence-electron chi connectivity index (χ4n) is 3.15. The Morgan fingerprint density at radius 1 is 1.23 bits per heavy atom. The maximum atomic E-state index is 12.7. The van der Waals surface area contributed by atoms with Crippen molar-refractivity contribution in [3.63, 3.8) is 0 Å². The van der Waals surface area contributed by atoms with E-state index in [0.717, 1.165) is 19.3 Å². The lowest BCUT2D eigenvalue weighted by Gasteiger charge is -2.19. The molecular weight excluding hydrogens is 360 g/mol. The lowest BCUT2D eigenvalue weighted by molar-refractivity contribution is -0.120. The van der Waals surface area contributed by atoms with Crippen LogP contribution in [0.4, 0.5) is 0 Å². The summed E-state index contributed by atoms with van der Waals surface area (Å²) < 4.78 is 10.7. The van der Waals surface area contributed by atoms with Gasteiger partial charge in [0.1, 0.15) is 22.8 Å². The number of carbonyl (C=O) groups excluding carboxylic acids is 2. The third-order valence-electron chi connectivity index (χ3n) is 4.52. The van der Waals surface area contributed by atoms with Crippen molar-refractivity contribution in [1.82, 2.24) is 0 Å². The molecule has 0 bridgehead atoms. The van der Waals surface area contributed by atoms with Crippen LogP contribution in [0, 0.1) is 0 Å². The number of carbonyl (C=O) groups is 2. The van der Waals surface area contributed by atoms with E-state index < -0.39 is 12.1 Å². The Balaban J connectivity index is 2.46. The number of fused-ring (bicyclic) bond motifs is 1. The van der Waals surface area contributed by atoms with Crippen molar-refractivity contribution in [2.24, 2.45) is 0 Å². The Morgan fingerprint density at radius 3 is 2.62 bits per heavy atom. The zero-order chi connectivity index (χ0) is 19.3. The van der Waals surface area contributed by atoms with E-state index in [-0.39, 0.29) is 52.4 Å². The number of hydrogen-bond acceptors (Lipinski definition) is 6. The molecule has 0 aliphatic carbocycles. The summed E-state index contributed by atoms with van der Waals surface area (Å²) >= 11 is 6.17. The Kier molecular flexibility index (Phi) is 7.29. The molecule has 144 valence electrons. The molecule has 2 N–H and O–H groups in total. The molecule has 0 saturated heterocycles. The third kappa shape index (κ3) is 5.11. The molecule has 2 atom stereocenters. The van der Waals surface area contributed by atoms with E-state index in [2.05, 4.69) is 0 Å². The summed E-state index contributed by atoms with van der Waals surface area (Å²) in [4.78, 5) is 25.1. The fourth-order valence-corrected chi connectivity index (χ4v) is 3.36. The number of halogens is 1. The van der Waals surface area contributed by atoms with Gasteiger partial charge in [0.2, 0.25) is 0 Å². The third-order valence-corrected chi connectivity index (χ3v) is 4.95. The summed E-state index contributed by atoms with van der Waals surface area (Å²) in [6, 6.07) is 1.23. The quantitative estimate of drug-likeness (QED) is 0.720. The Hall–Kier alpha value is -1.79. The largest absolute Gasteiger partial charge is 0.506 e. The summed E-state index contributed by atoms with van der Waals surface area (Å²) in [6.45, 7) is 1.80. The van der Waals surface area contributed by atoms with Crippen LogP contribution in [0.2, 0.25) is 5.02 Å². The van der Waals surface area contributed by atoms with Gasteiger partial charge in [-0.1, -0.05) is 24.4 Å². The molecule has 6 nitrogen and oxygen atoms in total. The molecule has 0 saturated carbocycles. The van der Waals surface area contributed by atoms with E-state index in [9.17, 15) is 19.8 Å². The van der Waals surface area contributed by atoms with Gasteiger partial charge < -0.3 is 19.7 Å². The van der Waals surface area contributed by atoms with Gasteiger partial charge in [-0.25, -0.2) is 4.79 Å². The molecule has 0 aromatic heterocycles. The van der Waals surface area contributed by atoms with Crippen LogP contribution in [0.25, 0.3) is 0 Å². The van der Waals surface area contributed by atoms with Crippen molar-refractivity contribution in [3.8, 4) is 11.5 Å². The molecule has 0 unspecified atom stereocenters. The fraction of sp³-hybridized carbons (Fsp3) is 0.579. The van der Waals surface area contributed by atoms with Crippen molar-refractivity contribution in [1.29, 1.82) is 0 Å². The van der Waals surface area contributed by atoms with Crippen LogP contribution in [0.3, 0.4) is 0 Å². The standard InChI is InChI=1S/C19H25ClO6/c1-11-6-4-3-5-7-12(21)8-13(22)9-14-17(19(24)26-11)16(25-2)10-15(23)18(14)20/h10-12,21,23H,3-9H2,1-2H3/t11-,12+/m0/s1. The van der Waals surface area contributed by atoms with Crippen LogP contribution in [-0.2, 0) is 16.0 Å². The van der Waals surface area contributed by atoms with Gasteiger partial charge in [0.25, 0.3) is 0 Å². The normalized spacial score (nSPS) is 22.9. The van der Waals surface area contributed by atoms with Crippen LogP contribution in [0.5, 0.6) is 11.5 Å². The Bertz CT molecular complexity index is 672. The lowest BCUT2D eigenvalue weighted by Crippen LogP contribution is -2.21. The second-order valence-corrected chi connectivity index (χ2v) is 7.07. The average molecular weight is 385 g/mol. The number of cyclic esters (lactones) is 1. The number of aliphatic hydroxyl groups excluding tert-OH is 1. The number of benzene rings is 1. The number of ether oxygens (including phenoxy) is 2. The number of phenols is 1. The molecule has 0 amide bonds. The number of aromatic hydroxyl groups is 1. The van der Waals surface area contributed by atoms with Gasteiger partial charge >= 0.3 is 5.97 Å². The van der Waals surface area contributed by atoms with Gasteiger partial charge in [-0.05, 0) is 26.2 Å². The van der Waals surface area contributed by atoms with E-state index in [1.54, 1.807) is 6.92 Å². The number of ketones is 1. The highest BCUT2D eigenvalue weighted by Gasteiger charge is 2.27. The first-order valence-corrected chi connectivity index (χ1v) is 9.20. The first-order valence-electron chi connectivity index (χ1n) is 8.82. The minimum absolute atomic E-state index is 0.0286. The summed E-state index contributed by atoms with van der Waals surface area (Å²) in [7, 11) is 1.36. The van der Waals surface area contributed by atoms with Crippen LogP contribution < -0.4 is 4.74 Å². The second kappa shape index (κ2) is 9.24. The van der Waals surface area contributed by atoms with Crippen molar-refractivity contribution < 1.29 is 29.3 Å². The van der Waals surface area contributed by atoms with Crippen LogP contribution in [-0.4, -0.2) is 41.3 Å². The maximum Gasteiger partial charge on any atom is 0.342 e. The molecule has 1 aliphatic rings. The number of rotatable bonds is 1. The molecular formula is C19H25ClO6. The molecule has 7 heteroatoms. The van der Waals surface area contributed by atoms with Crippen LogP contribution >= 0.6 is 11.6 Å². The van der Waals surface area contributed by atoms with Crippen LogP contribution in [0.15, 0.2) is 6.07 Å². The van der Waals surface area contributed by atoms with E-state index >= 15 is 0 Å². The van der Waals surface area contributed by atoms with Crippen LogP contribution in [0.1, 0.15) is 61.4 Å². The summed E-state index contributed by atoms with van der Waals surface area (Å²) in [6.07, 6.45) is 2.54. The molecule has 0 radical (unpaired) electrons. The molecule has 26 heavy (non-hydrogen) atoms. The summed E-state index contributed by atoms with van der Waals surface area (Å²) in [5.41, 5.74) is 0.206. The van der Waals surface area contributed by atoms with Gasteiger partial charge in [0, 0.05) is 24.5 Å². The first-order chi connectivity index (χ1) is 12.3. The lowest BCUT2D eigenvalue weighted by atomic mass is 9.96. The molecule has 1 aromatic rings. The van der Waals surface area contributed by atoms with E-state index in [0.29, 0.717) is 12.8 Å². The van der Waals surface area contributed by atoms with Gasteiger partial charge in [-0.2, -0.15) is 0 Å². The summed E-state index contributed by atoms with van der Waals surface area (Å²) in [5, 5.41) is 20.0. The van der Waals surface area contributed by atoms with Crippen molar-refractivity contribution in [2.75, 3.05) is 7.11 Å². The molecule has 1 aromatic carbocycles. The smallest absolute Gasteiger partial charge is 0.342 e. The number of methoxy groups -OCH3 is 1. The predicted molar refractivity (Wildman–Crippen MR) is 97.0 cm³/mol. The summed E-state index contributed by atoms with van der Waals surface area (Å²) in [5.74, 6) is -1.10. The van der Waals surface area contributed by atoms with Crippen molar-refractivity contribution >= 4 is 23.4 Å². The Morgan fingerprint density at radius 2 is 1.92 bits per heavy atom.